The van der Waals surface area contributed by atoms with Gasteiger partial charge in [-0.05, 0) is 28.4 Å². The summed E-state index contributed by atoms with van der Waals surface area (Å²) in [5.74, 6) is 0.138. The van der Waals surface area contributed by atoms with Gasteiger partial charge in [-0.15, -0.1) is 0 Å². The number of ether oxygens (including phenoxy) is 1. The summed E-state index contributed by atoms with van der Waals surface area (Å²) >= 11 is 3.36. The van der Waals surface area contributed by atoms with Crippen LogP contribution in [0.1, 0.15) is 12.0 Å². The first-order valence-corrected chi connectivity index (χ1v) is 7.51. The molecule has 1 aliphatic heterocycles. The van der Waals surface area contributed by atoms with Gasteiger partial charge in [-0.3, -0.25) is 4.79 Å². The molecule has 4 nitrogen and oxygen atoms in total. The lowest BCUT2D eigenvalue weighted by Crippen LogP contribution is -2.41. The van der Waals surface area contributed by atoms with Crippen LogP contribution in [0, 0.1) is 0 Å². The van der Waals surface area contributed by atoms with Gasteiger partial charge in [-0.2, -0.15) is 13.2 Å². The van der Waals surface area contributed by atoms with E-state index in [4.69, 9.17) is 4.74 Å². The summed E-state index contributed by atoms with van der Waals surface area (Å²) in [6.45, 7) is -0.727. The fourth-order valence-electron chi connectivity index (χ4n) is 2.46. The van der Waals surface area contributed by atoms with Crippen molar-refractivity contribution in [3.05, 3.63) is 28.2 Å². The predicted octanol–water partition coefficient (Wildman–Crippen LogP) is 2.71. The number of para-hydroxylation sites is 1. The maximum atomic E-state index is 12.4. The SMILES string of the molecule is COc1c(Br)cccc1CN[C@H]1CCN(CC(F)(F)F)C1=O. The molecule has 0 aliphatic carbocycles. The van der Waals surface area contributed by atoms with Crippen molar-refractivity contribution in [2.24, 2.45) is 0 Å². The smallest absolute Gasteiger partial charge is 0.406 e. The van der Waals surface area contributed by atoms with E-state index in [1.807, 2.05) is 18.2 Å². The molecule has 122 valence electrons. The number of halogens is 4. The first kappa shape index (κ1) is 17.1. The Bertz CT molecular complexity index is 551. The summed E-state index contributed by atoms with van der Waals surface area (Å²) in [6, 6.07) is 4.90. The largest absolute Gasteiger partial charge is 0.495 e. The van der Waals surface area contributed by atoms with Gasteiger partial charge in [0.25, 0.3) is 0 Å². The van der Waals surface area contributed by atoms with E-state index in [0.717, 1.165) is 14.9 Å². The maximum Gasteiger partial charge on any atom is 0.406 e. The Kier molecular flexibility index (Phi) is 5.33. The molecule has 1 fully saturated rings. The second kappa shape index (κ2) is 6.87. The number of carbonyl (C=O) groups is 1. The van der Waals surface area contributed by atoms with Gasteiger partial charge in [0, 0.05) is 18.7 Å². The molecule has 8 heteroatoms. The van der Waals surface area contributed by atoms with E-state index < -0.39 is 24.7 Å². The molecule has 2 rings (SSSR count). The zero-order valence-electron chi connectivity index (χ0n) is 11.9. The van der Waals surface area contributed by atoms with Crippen LogP contribution in [-0.2, 0) is 11.3 Å². The van der Waals surface area contributed by atoms with Gasteiger partial charge in [-0.25, -0.2) is 0 Å². The molecule has 0 radical (unpaired) electrons. The topological polar surface area (TPSA) is 41.6 Å². The highest BCUT2D eigenvalue weighted by Crippen LogP contribution is 2.29. The number of likely N-dealkylation sites (tertiary alicyclic amines) is 1. The van der Waals surface area contributed by atoms with Crippen LogP contribution in [0.2, 0.25) is 0 Å². The lowest BCUT2D eigenvalue weighted by molar-refractivity contribution is -0.158. The second-order valence-electron chi connectivity index (χ2n) is 5.03. The molecule has 1 atom stereocenters. The van der Waals surface area contributed by atoms with Gasteiger partial charge in [0.15, 0.2) is 0 Å². The van der Waals surface area contributed by atoms with Crippen LogP contribution in [0.3, 0.4) is 0 Å². The summed E-state index contributed by atoms with van der Waals surface area (Å²) < 4.78 is 43.2. The van der Waals surface area contributed by atoms with Crippen LogP contribution < -0.4 is 10.1 Å². The summed E-state index contributed by atoms with van der Waals surface area (Å²) in [5, 5.41) is 3.01. The first-order valence-electron chi connectivity index (χ1n) is 6.72. The van der Waals surface area contributed by atoms with E-state index in [9.17, 15) is 18.0 Å². The lowest BCUT2D eigenvalue weighted by atomic mass is 10.1. The van der Waals surface area contributed by atoms with Gasteiger partial charge < -0.3 is 15.0 Å². The van der Waals surface area contributed by atoms with Crippen LogP contribution in [0.15, 0.2) is 22.7 Å². The van der Waals surface area contributed by atoms with Gasteiger partial charge in [0.2, 0.25) is 5.91 Å². The predicted molar refractivity (Wildman–Crippen MR) is 78.6 cm³/mol. The Labute approximate surface area is 134 Å². The van der Waals surface area contributed by atoms with E-state index in [1.54, 1.807) is 0 Å². The number of amides is 1. The summed E-state index contributed by atoms with van der Waals surface area (Å²) in [7, 11) is 1.54. The number of alkyl halides is 3. The first-order chi connectivity index (χ1) is 10.3. The molecule has 1 amide bonds. The zero-order valence-corrected chi connectivity index (χ0v) is 13.5. The van der Waals surface area contributed by atoms with E-state index in [0.29, 0.717) is 18.7 Å². The Hall–Kier alpha value is -1.28. The molecule has 0 unspecified atom stereocenters. The van der Waals surface area contributed by atoms with Gasteiger partial charge in [-0.1, -0.05) is 12.1 Å². The minimum Gasteiger partial charge on any atom is -0.495 e. The van der Waals surface area contributed by atoms with Crippen LogP contribution in [0.5, 0.6) is 5.75 Å². The van der Waals surface area contributed by atoms with Crippen molar-refractivity contribution in [2.45, 2.75) is 25.2 Å². The average Bonchev–Trinajstić information content (AvgIpc) is 2.76. The van der Waals surface area contributed by atoms with Crippen LogP contribution in [0.4, 0.5) is 13.2 Å². The fraction of sp³-hybridized carbons (Fsp3) is 0.500. The third kappa shape index (κ3) is 4.13. The highest BCUT2D eigenvalue weighted by Gasteiger charge is 2.39. The number of hydrogen-bond donors (Lipinski definition) is 1. The number of benzene rings is 1. The van der Waals surface area contributed by atoms with Crippen LogP contribution in [0.25, 0.3) is 0 Å². The molecule has 1 N–H and O–H groups in total. The molecule has 1 aromatic carbocycles. The van der Waals surface area contributed by atoms with Gasteiger partial charge in [0.05, 0.1) is 17.6 Å². The minimum absolute atomic E-state index is 0.117. The third-order valence-electron chi connectivity index (χ3n) is 3.46. The Morgan fingerprint density at radius 2 is 2.18 bits per heavy atom. The number of nitrogens with zero attached hydrogens (tertiary/aromatic N) is 1. The standard InChI is InChI=1S/C14H16BrF3N2O2/c1-22-12-9(3-2-4-10(12)15)7-19-11-5-6-20(13(11)21)8-14(16,17)18/h2-4,11,19H,5-8H2,1H3/t11-/m0/s1. The van der Waals surface area contributed by atoms with Gasteiger partial charge >= 0.3 is 6.18 Å². The molecule has 1 heterocycles. The van der Waals surface area contributed by atoms with Crippen LogP contribution in [-0.4, -0.2) is 43.2 Å². The minimum atomic E-state index is -4.36. The molecule has 0 saturated carbocycles. The van der Waals surface area contributed by atoms with Crippen molar-refractivity contribution >= 4 is 21.8 Å². The highest BCUT2D eigenvalue weighted by atomic mass is 79.9. The molecule has 0 spiro atoms. The molecule has 1 aromatic rings. The monoisotopic (exact) mass is 380 g/mol. The number of carbonyl (C=O) groups excluding carboxylic acids is 1. The number of rotatable bonds is 5. The van der Waals surface area contributed by atoms with Crippen molar-refractivity contribution in [3.63, 3.8) is 0 Å². The summed E-state index contributed by atoms with van der Waals surface area (Å²) in [5.41, 5.74) is 0.832. The molecule has 1 aliphatic rings. The van der Waals surface area contributed by atoms with Crippen molar-refractivity contribution in [1.82, 2.24) is 10.2 Å². The molecular formula is C14H16BrF3N2O2. The molecule has 22 heavy (non-hydrogen) atoms. The summed E-state index contributed by atoms with van der Waals surface area (Å²) in [6.07, 6.45) is -4.00. The zero-order chi connectivity index (χ0) is 16.3. The maximum absolute atomic E-state index is 12.4. The van der Waals surface area contributed by atoms with Crippen molar-refractivity contribution in [2.75, 3.05) is 20.2 Å². The quantitative estimate of drug-likeness (QED) is 0.853. The van der Waals surface area contributed by atoms with E-state index in [2.05, 4.69) is 21.2 Å². The molecular weight excluding hydrogens is 365 g/mol. The normalized spacial score (nSPS) is 18.9. The molecule has 0 aromatic heterocycles. The van der Waals surface area contributed by atoms with Crippen molar-refractivity contribution in [3.8, 4) is 5.75 Å². The van der Waals surface area contributed by atoms with Crippen molar-refractivity contribution in [1.29, 1.82) is 0 Å². The number of methoxy groups -OCH3 is 1. The fourth-order valence-corrected chi connectivity index (χ4v) is 3.03. The van der Waals surface area contributed by atoms with Crippen molar-refractivity contribution < 1.29 is 22.7 Å². The van der Waals surface area contributed by atoms with E-state index >= 15 is 0 Å². The number of hydrogen-bond acceptors (Lipinski definition) is 3. The lowest BCUT2D eigenvalue weighted by Gasteiger charge is -2.19. The van der Waals surface area contributed by atoms with Crippen LogP contribution >= 0.6 is 15.9 Å². The highest BCUT2D eigenvalue weighted by molar-refractivity contribution is 9.10. The van der Waals surface area contributed by atoms with E-state index in [-0.39, 0.29) is 6.54 Å². The van der Waals surface area contributed by atoms with E-state index in [1.165, 1.54) is 7.11 Å². The third-order valence-corrected chi connectivity index (χ3v) is 4.08. The average molecular weight is 381 g/mol. The second-order valence-corrected chi connectivity index (χ2v) is 5.88. The Morgan fingerprint density at radius 3 is 2.82 bits per heavy atom. The number of nitrogens with one attached hydrogen (secondary N) is 1. The Morgan fingerprint density at radius 1 is 1.45 bits per heavy atom. The van der Waals surface area contributed by atoms with Gasteiger partial charge in [0.1, 0.15) is 12.3 Å². The Balaban J connectivity index is 1.96. The summed E-state index contributed by atoms with van der Waals surface area (Å²) in [4.78, 5) is 12.8. The molecule has 1 saturated heterocycles. The molecule has 0 bridgehead atoms.